The molecule has 1 aliphatic rings. The molecule has 2 N–H and O–H groups in total. The van der Waals surface area contributed by atoms with Crippen LogP contribution in [-0.2, 0) is 16.2 Å². The summed E-state index contributed by atoms with van der Waals surface area (Å²) in [5.74, 6) is 1.30. The number of nitrogens with zero attached hydrogens (tertiary/aromatic N) is 2. The molecule has 0 aromatic heterocycles. The molecule has 0 saturated carbocycles. The second kappa shape index (κ2) is 11.1. The Kier molecular flexibility index (Phi) is 8.51. The highest BCUT2D eigenvalue weighted by atomic mass is 32.1. The van der Waals surface area contributed by atoms with Crippen LogP contribution in [0.4, 0.5) is 5.69 Å². The van der Waals surface area contributed by atoms with Crippen LogP contribution in [0, 0.1) is 0 Å². The molecule has 0 radical (unpaired) electrons. The number of ether oxygens (including phenoxy) is 2. The first-order valence-corrected chi connectivity index (χ1v) is 9.47. The minimum absolute atomic E-state index is 0.304. The standard InChI is InChI=1S/C18H19N3O3S.C2H6/c19-15-7-3-4-8-16(15)23-11-13-5-1-2-6-14(13)17(20-12-25)18-21-24-10-9-22-18;1-2/h1-8,25H,9-12,19H2;1-2H3/b20-17+;. The number of benzene rings is 2. The van der Waals surface area contributed by atoms with E-state index in [9.17, 15) is 0 Å². The summed E-state index contributed by atoms with van der Waals surface area (Å²) in [6.07, 6.45) is 0. The molecule has 0 fully saturated rings. The number of anilines is 1. The zero-order valence-electron chi connectivity index (χ0n) is 15.6. The molecule has 1 aliphatic heterocycles. The third-order valence-electron chi connectivity index (χ3n) is 3.57. The van der Waals surface area contributed by atoms with Gasteiger partial charge in [0.2, 0.25) is 0 Å². The topological polar surface area (TPSA) is 78.4 Å². The average Bonchev–Trinajstić information content (AvgIpc) is 2.74. The number of oxime groups is 1. The van der Waals surface area contributed by atoms with E-state index >= 15 is 0 Å². The van der Waals surface area contributed by atoms with Crippen LogP contribution in [0.25, 0.3) is 0 Å². The zero-order valence-corrected chi connectivity index (χ0v) is 16.5. The summed E-state index contributed by atoms with van der Waals surface area (Å²) in [5.41, 5.74) is 8.91. The summed E-state index contributed by atoms with van der Waals surface area (Å²) in [5, 5.41) is 3.97. The maximum absolute atomic E-state index is 5.93. The molecule has 2 aromatic rings. The van der Waals surface area contributed by atoms with Crippen LogP contribution in [0.2, 0.25) is 0 Å². The quantitative estimate of drug-likeness (QED) is 0.447. The van der Waals surface area contributed by atoms with E-state index in [1.54, 1.807) is 6.07 Å². The number of hydrogen-bond acceptors (Lipinski definition) is 7. The van der Waals surface area contributed by atoms with Gasteiger partial charge in [-0.3, -0.25) is 4.99 Å². The number of aliphatic imine (C=N–C) groups is 1. The summed E-state index contributed by atoms with van der Waals surface area (Å²) < 4.78 is 11.5. The van der Waals surface area contributed by atoms with Gasteiger partial charge in [-0.25, -0.2) is 0 Å². The lowest BCUT2D eigenvalue weighted by molar-refractivity contribution is 0.0676. The van der Waals surface area contributed by atoms with E-state index in [2.05, 4.69) is 22.8 Å². The van der Waals surface area contributed by atoms with Crippen LogP contribution in [0.15, 0.2) is 58.7 Å². The van der Waals surface area contributed by atoms with Crippen molar-refractivity contribution in [3.05, 3.63) is 59.7 Å². The molecule has 0 amide bonds. The fraction of sp³-hybridized carbons (Fsp3) is 0.300. The highest BCUT2D eigenvalue weighted by Crippen LogP contribution is 2.22. The first-order chi connectivity index (χ1) is 13.3. The van der Waals surface area contributed by atoms with Gasteiger partial charge < -0.3 is 20.0 Å². The van der Waals surface area contributed by atoms with E-state index in [4.69, 9.17) is 20.0 Å². The maximum Gasteiger partial charge on any atom is 0.276 e. The first kappa shape index (κ1) is 20.6. The van der Waals surface area contributed by atoms with E-state index in [1.807, 2.05) is 56.3 Å². The third-order valence-corrected chi connectivity index (χ3v) is 3.71. The van der Waals surface area contributed by atoms with Crippen molar-refractivity contribution in [2.75, 3.05) is 24.8 Å². The number of hydrogen-bond donors (Lipinski definition) is 2. The van der Waals surface area contributed by atoms with Crippen molar-refractivity contribution in [1.29, 1.82) is 0 Å². The second-order valence-corrected chi connectivity index (χ2v) is 5.49. The molecule has 2 aromatic carbocycles. The van der Waals surface area contributed by atoms with Gasteiger partial charge in [0.25, 0.3) is 5.90 Å². The smallest absolute Gasteiger partial charge is 0.276 e. The summed E-state index contributed by atoms with van der Waals surface area (Å²) >= 11 is 4.20. The van der Waals surface area contributed by atoms with Crippen molar-refractivity contribution < 1.29 is 14.3 Å². The van der Waals surface area contributed by atoms with Gasteiger partial charge in [0.05, 0.1) is 11.6 Å². The van der Waals surface area contributed by atoms with Crippen LogP contribution in [-0.4, -0.2) is 30.7 Å². The molecule has 144 valence electrons. The molecule has 0 atom stereocenters. The Morgan fingerprint density at radius 3 is 2.59 bits per heavy atom. The zero-order chi connectivity index (χ0) is 19.5. The first-order valence-electron chi connectivity index (χ1n) is 8.83. The van der Waals surface area contributed by atoms with E-state index in [-0.39, 0.29) is 0 Å². The number of nitrogen functional groups attached to an aromatic ring is 1. The molecule has 0 saturated heterocycles. The lowest BCUT2D eigenvalue weighted by Crippen LogP contribution is -2.26. The third kappa shape index (κ3) is 5.65. The van der Waals surface area contributed by atoms with Crippen molar-refractivity contribution in [3.8, 4) is 5.75 Å². The Labute approximate surface area is 165 Å². The summed E-state index contributed by atoms with van der Waals surface area (Å²) in [6.45, 7) is 5.20. The van der Waals surface area contributed by atoms with E-state index in [1.165, 1.54) is 0 Å². The van der Waals surface area contributed by atoms with Gasteiger partial charge in [-0.15, -0.1) is 0 Å². The van der Waals surface area contributed by atoms with Gasteiger partial charge in [0, 0.05) is 5.56 Å². The van der Waals surface area contributed by atoms with Crippen molar-refractivity contribution in [2.24, 2.45) is 10.1 Å². The molecule has 1 heterocycles. The van der Waals surface area contributed by atoms with Crippen molar-refractivity contribution in [2.45, 2.75) is 20.5 Å². The Balaban J connectivity index is 0.00000126. The van der Waals surface area contributed by atoms with Gasteiger partial charge >= 0.3 is 0 Å². The molecule has 3 rings (SSSR count). The van der Waals surface area contributed by atoms with E-state index in [0.29, 0.717) is 48.7 Å². The molecule has 0 aliphatic carbocycles. The molecule has 0 unspecified atom stereocenters. The summed E-state index contributed by atoms with van der Waals surface area (Å²) in [6, 6.07) is 15.2. The number of para-hydroxylation sites is 2. The van der Waals surface area contributed by atoms with Gasteiger partial charge in [-0.05, 0) is 22.9 Å². The Morgan fingerprint density at radius 2 is 1.89 bits per heavy atom. The van der Waals surface area contributed by atoms with Gasteiger partial charge in [0.15, 0.2) is 6.61 Å². The lowest BCUT2D eigenvalue weighted by Gasteiger charge is -2.17. The Morgan fingerprint density at radius 1 is 1.15 bits per heavy atom. The highest BCUT2D eigenvalue weighted by molar-refractivity contribution is 7.80. The Bertz CT molecular complexity index is 794. The lowest BCUT2D eigenvalue weighted by atomic mass is 10.0. The largest absolute Gasteiger partial charge is 0.487 e. The molecule has 27 heavy (non-hydrogen) atoms. The van der Waals surface area contributed by atoms with Crippen molar-refractivity contribution in [3.63, 3.8) is 0 Å². The van der Waals surface area contributed by atoms with Gasteiger partial charge in [-0.2, -0.15) is 12.6 Å². The molecular weight excluding hydrogens is 362 g/mol. The Hall–Kier alpha value is -2.67. The predicted molar refractivity (Wildman–Crippen MR) is 113 cm³/mol. The van der Waals surface area contributed by atoms with Crippen LogP contribution >= 0.6 is 12.6 Å². The van der Waals surface area contributed by atoms with Gasteiger partial charge in [0.1, 0.15) is 24.7 Å². The molecular formula is C20H25N3O3S. The second-order valence-electron chi connectivity index (χ2n) is 5.21. The van der Waals surface area contributed by atoms with Gasteiger partial charge in [-0.1, -0.05) is 50.2 Å². The average molecular weight is 388 g/mol. The van der Waals surface area contributed by atoms with Crippen LogP contribution < -0.4 is 10.5 Å². The van der Waals surface area contributed by atoms with Crippen LogP contribution in [0.5, 0.6) is 5.75 Å². The summed E-state index contributed by atoms with van der Waals surface area (Å²) in [7, 11) is 0. The number of thiol groups is 1. The van der Waals surface area contributed by atoms with Crippen molar-refractivity contribution >= 4 is 29.9 Å². The minimum atomic E-state index is 0.304. The monoisotopic (exact) mass is 387 g/mol. The fourth-order valence-corrected chi connectivity index (χ4v) is 2.54. The number of rotatable bonds is 6. The number of nitrogens with two attached hydrogens (primary N) is 1. The van der Waals surface area contributed by atoms with E-state index in [0.717, 1.165) is 11.1 Å². The highest BCUT2D eigenvalue weighted by Gasteiger charge is 2.20. The predicted octanol–water partition coefficient (Wildman–Crippen LogP) is 3.91. The molecule has 0 spiro atoms. The molecule has 6 nitrogen and oxygen atoms in total. The molecule has 7 heteroatoms. The molecule has 0 bridgehead atoms. The maximum atomic E-state index is 5.93. The minimum Gasteiger partial charge on any atom is -0.487 e. The van der Waals surface area contributed by atoms with Crippen LogP contribution in [0.1, 0.15) is 25.0 Å². The van der Waals surface area contributed by atoms with Crippen LogP contribution in [0.3, 0.4) is 0 Å². The fourth-order valence-electron chi connectivity index (χ4n) is 2.40. The summed E-state index contributed by atoms with van der Waals surface area (Å²) in [4.78, 5) is 9.54. The SMILES string of the molecule is CC.Nc1ccccc1OCc1ccccc1/C(=N\CS)C1=NOCCO1. The normalized spacial score (nSPS) is 13.4. The van der Waals surface area contributed by atoms with E-state index < -0.39 is 0 Å². The van der Waals surface area contributed by atoms with Crippen molar-refractivity contribution in [1.82, 2.24) is 0 Å².